The number of carbonyl (C=O) groups is 1. The Morgan fingerprint density at radius 1 is 0.906 bits per heavy atom. The molecule has 4 rings (SSSR count). The molecule has 3 aromatic carbocycles. The van der Waals surface area contributed by atoms with E-state index in [2.05, 4.69) is 6.07 Å². The first-order valence-corrected chi connectivity index (χ1v) is 11.3. The number of amides is 1. The van der Waals surface area contributed by atoms with E-state index in [9.17, 15) is 4.79 Å². The number of methoxy groups -OCH3 is 2. The van der Waals surface area contributed by atoms with E-state index in [1.165, 1.54) is 0 Å². The Balaban J connectivity index is 1.77. The van der Waals surface area contributed by atoms with Crippen LogP contribution in [0.2, 0.25) is 10.0 Å². The van der Waals surface area contributed by atoms with Gasteiger partial charge in [-0.3, -0.25) is 4.79 Å². The van der Waals surface area contributed by atoms with Crippen molar-refractivity contribution in [3.63, 3.8) is 0 Å². The van der Waals surface area contributed by atoms with Crippen molar-refractivity contribution < 1.29 is 14.3 Å². The lowest BCUT2D eigenvalue weighted by atomic mass is 9.79. The van der Waals surface area contributed by atoms with Crippen LogP contribution in [0.3, 0.4) is 0 Å². The van der Waals surface area contributed by atoms with E-state index in [1.807, 2.05) is 65.6 Å². The Bertz CT molecular complexity index is 1100. The predicted molar refractivity (Wildman–Crippen MR) is 128 cm³/mol. The van der Waals surface area contributed by atoms with Gasteiger partial charge in [0.2, 0.25) is 5.91 Å². The average molecular weight is 470 g/mol. The zero-order chi connectivity index (χ0) is 22.7. The van der Waals surface area contributed by atoms with E-state index in [0.717, 1.165) is 23.1 Å². The number of ether oxygens (including phenoxy) is 2. The minimum absolute atomic E-state index is 0.108. The van der Waals surface area contributed by atoms with Gasteiger partial charge < -0.3 is 14.4 Å². The molecule has 1 heterocycles. The topological polar surface area (TPSA) is 38.8 Å². The molecule has 0 radical (unpaired) electrons. The van der Waals surface area contributed by atoms with Gasteiger partial charge in [0.05, 0.1) is 20.3 Å². The van der Waals surface area contributed by atoms with Gasteiger partial charge in [0.25, 0.3) is 0 Å². The minimum Gasteiger partial charge on any atom is -0.497 e. The van der Waals surface area contributed by atoms with Crippen LogP contribution in [0.5, 0.6) is 11.5 Å². The number of rotatable bonds is 6. The summed E-state index contributed by atoms with van der Waals surface area (Å²) in [5, 5.41) is 1.36. The monoisotopic (exact) mass is 469 g/mol. The highest BCUT2D eigenvalue weighted by Crippen LogP contribution is 2.45. The van der Waals surface area contributed by atoms with Gasteiger partial charge in [-0.1, -0.05) is 47.5 Å². The molecular formula is C26H25Cl2NO3. The van der Waals surface area contributed by atoms with Gasteiger partial charge in [-0.15, -0.1) is 0 Å². The quantitative estimate of drug-likeness (QED) is 0.405. The second-order valence-electron chi connectivity index (χ2n) is 7.90. The van der Waals surface area contributed by atoms with Crippen molar-refractivity contribution in [2.24, 2.45) is 0 Å². The smallest absolute Gasteiger partial charge is 0.223 e. The number of piperidine rings is 1. The lowest BCUT2D eigenvalue weighted by Gasteiger charge is -2.42. The molecule has 0 aliphatic carbocycles. The van der Waals surface area contributed by atoms with E-state index in [4.69, 9.17) is 32.7 Å². The summed E-state index contributed by atoms with van der Waals surface area (Å²) in [5.74, 6) is 1.62. The van der Waals surface area contributed by atoms with E-state index >= 15 is 0 Å². The summed E-state index contributed by atoms with van der Waals surface area (Å²) in [7, 11) is 3.25. The molecule has 0 saturated carbocycles. The van der Waals surface area contributed by atoms with Crippen LogP contribution in [0.15, 0.2) is 66.7 Å². The van der Waals surface area contributed by atoms with E-state index in [0.29, 0.717) is 34.5 Å². The third kappa shape index (κ3) is 4.72. The molecule has 1 amide bonds. The number of benzene rings is 3. The molecule has 32 heavy (non-hydrogen) atoms. The molecule has 0 spiro atoms. The molecule has 1 aliphatic rings. The predicted octanol–water partition coefficient (Wildman–Crippen LogP) is 6.66. The molecule has 3 aromatic rings. The maximum Gasteiger partial charge on any atom is 0.223 e. The summed E-state index contributed by atoms with van der Waals surface area (Å²) in [6.07, 6.45) is 1.22. The van der Waals surface area contributed by atoms with Crippen LogP contribution in [0.1, 0.15) is 41.5 Å². The van der Waals surface area contributed by atoms with Crippen LogP contribution in [-0.2, 0) is 11.3 Å². The van der Waals surface area contributed by atoms with E-state index in [1.54, 1.807) is 14.2 Å². The number of hydrogen-bond acceptors (Lipinski definition) is 3. The van der Waals surface area contributed by atoms with E-state index in [-0.39, 0.29) is 17.9 Å². The van der Waals surface area contributed by atoms with Crippen LogP contribution >= 0.6 is 23.2 Å². The summed E-state index contributed by atoms with van der Waals surface area (Å²) < 4.78 is 10.9. The van der Waals surface area contributed by atoms with Gasteiger partial charge in [-0.25, -0.2) is 0 Å². The van der Waals surface area contributed by atoms with Gasteiger partial charge >= 0.3 is 0 Å². The summed E-state index contributed by atoms with van der Waals surface area (Å²) >= 11 is 12.5. The molecular weight excluding hydrogens is 445 g/mol. The third-order valence-electron chi connectivity index (χ3n) is 6.03. The second-order valence-corrected chi connectivity index (χ2v) is 8.77. The zero-order valence-electron chi connectivity index (χ0n) is 18.1. The number of hydrogen-bond donors (Lipinski definition) is 0. The zero-order valence-corrected chi connectivity index (χ0v) is 19.6. The third-order valence-corrected chi connectivity index (χ3v) is 6.52. The molecule has 1 aliphatic heterocycles. The highest BCUT2D eigenvalue weighted by atomic mass is 35.5. The van der Waals surface area contributed by atoms with Crippen molar-refractivity contribution in [1.29, 1.82) is 0 Å². The Morgan fingerprint density at radius 3 is 2.38 bits per heavy atom. The van der Waals surface area contributed by atoms with Crippen LogP contribution in [0.25, 0.3) is 0 Å². The molecule has 0 bridgehead atoms. The molecule has 0 N–H and O–H groups in total. The fraction of sp³-hybridized carbons (Fsp3) is 0.269. The Hall–Kier alpha value is -2.69. The average Bonchev–Trinajstić information content (AvgIpc) is 2.81. The summed E-state index contributed by atoms with van der Waals surface area (Å²) in [5.41, 5.74) is 3.09. The summed E-state index contributed by atoms with van der Waals surface area (Å²) in [4.78, 5) is 15.2. The van der Waals surface area contributed by atoms with Gasteiger partial charge in [0.1, 0.15) is 11.5 Å². The Labute approximate surface area is 198 Å². The molecule has 4 nitrogen and oxygen atoms in total. The minimum atomic E-state index is -0.154. The largest absolute Gasteiger partial charge is 0.497 e. The van der Waals surface area contributed by atoms with Crippen LogP contribution in [-0.4, -0.2) is 25.0 Å². The summed E-state index contributed by atoms with van der Waals surface area (Å²) in [6, 6.07) is 21.2. The number of likely N-dealkylation sites (tertiary alicyclic amines) is 1. The molecule has 6 heteroatoms. The fourth-order valence-electron chi connectivity index (χ4n) is 4.46. The lowest BCUT2D eigenvalue weighted by molar-refractivity contribution is -0.138. The van der Waals surface area contributed by atoms with Crippen LogP contribution < -0.4 is 9.47 Å². The summed E-state index contributed by atoms with van der Waals surface area (Å²) in [6.45, 7) is 0.427. The normalized spacial score (nSPS) is 18.5. The molecule has 2 atom stereocenters. The van der Waals surface area contributed by atoms with Crippen molar-refractivity contribution in [2.75, 3.05) is 14.2 Å². The number of carbonyl (C=O) groups excluding carboxylic acids is 1. The molecule has 166 valence electrons. The Kier molecular flexibility index (Phi) is 6.92. The van der Waals surface area contributed by atoms with Crippen molar-refractivity contribution in [3.05, 3.63) is 93.5 Å². The first kappa shape index (κ1) is 22.5. The van der Waals surface area contributed by atoms with Crippen molar-refractivity contribution in [3.8, 4) is 11.5 Å². The second kappa shape index (κ2) is 9.85. The first-order chi connectivity index (χ1) is 15.5. The maximum absolute atomic E-state index is 13.2. The number of halogens is 2. The standard InChI is InChI=1S/C26H25Cl2NO3/c1-31-22-11-8-19(24(15-22)32-2)16-29-25(30)13-12-23(18-4-3-5-21(28)14-18)26(29)17-6-9-20(27)10-7-17/h3-11,14-15,23,26H,12-13,16H2,1-2H3/t23?,26-/m1/s1. The molecule has 0 aromatic heterocycles. The van der Waals surface area contributed by atoms with E-state index < -0.39 is 0 Å². The van der Waals surface area contributed by atoms with Gasteiger partial charge in [-0.2, -0.15) is 0 Å². The fourth-order valence-corrected chi connectivity index (χ4v) is 4.79. The lowest BCUT2D eigenvalue weighted by Crippen LogP contribution is -2.41. The van der Waals surface area contributed by atoms with Crippen molar-refractivity contribution in [2.45, 2.75) is 31.3 Å². The number of nitrogens with zero attached hydrogens (tertiary/aromatic N) is 1. The maximum atomic E-state index is 13.2. The van der Waals surface area contributed by atoms with Gasteiger partial charge in [0, 0.05) is 40.6 Å². The molecule has 1 saturated heterocycles. The highest BCUT2D eigenvalue weighted by molar-refractivity contribution is 6.30. The van der Waals surface area contributed by atoms with Gasteiger partial charge in [-0.05, 0) is 53.9 Å². The van der Waals surface area contributed by atoms with Crippen molar-refractivity contribution in [1.82, 2.24) is 4.90 Å². The van der Waals surface area contributed by atoms with Crippen molar-refractivity contribution >= 4 is 29.1 Å². The highest BCUT2D eigenvalue weighted by Gasteiger charge is 2.38. The van der Waals surface area contributed by atoms with Gasteiger partial charge in [0.15, 0.2) is 0 Å². The SMILES string of the molecule is COc1ccc(CN2C(=O)CCC(c3cccc(Cl)c3)[C@H]2c2ccc(Cl)cc2)c(OC)c1. The Morgan fingerprint density at radius 2 is 1.69 bits per heavy atom. The molecule has 1 unspecified atom stereocenters. The van der Waals surface area contributed by atoms with Crippen LogP contribution in [0, 0.1) is 0 Å². The van der Waals surface area contributed by atoms with Crippen LogP contribution in [0.4, 0.5) is 0 Å². The first-order valence-electron chi connectivity index (χ1n) is 10.5. The molecule has 1 fully saturated rings.